The highest BCUT2D eigenvalue weighted by Gasteiger charge is 2.38. The van der Waals surface area contributed by atoms with Gasteiger partial charge in [0.05, 0.1) is 29.2 Å². The van der Waals surface area contributed by atoms with E-state index < -0.39 is 29.1 Å². The molecule has 0 amide bonds. The van der Waals surface area contributed by atoms with Crippen LogP contribution in [0.1, 0.15) is 29.7 Å². The fourth-order valence-electron chi connectivity index (χ4n) is 4.88. The fraction of sp³-hybridized carbons (Fsp3) is 0.346. The number of hydrogen-bond donors (Lipinski definition) is 1. The molecule has 0 unspecified atom stereocenters. The summed E-state index contributed by atoms with van der Waals surface area (Å²) in [5, 5.41) is 0. The molecule has 3 aromatic rings. The van der Waals surface area contributed by atoms with Crippen molar-refractivity contribution in [3.63, 3.8) is 0 Å². The van der Waals surface area contributed by atoms with Crippen LogP contribution in [0.3, 0.4) is 0 Å². The Morgan fingerprint density at radius 2 is 1.73 bits per heavy atom. The van der Waals surface area contributed by atoms with E-state index in [1.807, 2.05) is 4.90 Å². The van der Waals surface area contributed by atoms with E-state index in [-0.39, 0.29) is 31.2 Å². The first-order valence-corrected chi connectivity index (χ1v) is 11.8. The van der Waals surface area contributed by atoms with Gasteiger partial charge in [0.2, 0.25) is 11.6 Å². The van der Waals surface area contributed by atoms with Gasteiger partial charge in [-0.2, -0.15) is 13.2 Å². The molecule has 192 valence electrons. The molecule has 3 heterocycles. The molecule has 0 aliphatic carbocycles. The van der Waals surface area contributed by atoms with Crippen LogP contribution >= 0.6 is 0 Å². The minimum atomic E-state index is -4.74. The Kier molecular flexibility index (Phi) is 6.45. The van der Waals surface area contributed by atoms with Crippen LogP contribution in [0, 0.1) is 18.2 Å². The molecule has 1 fully saturated rings. The number of hydrogen-bond acceptors (Lipinski definition) is 5. The van der Waals surface area contributed by atoms with Gasteiger partial charge in [-0.15, -0.1) is 0 Å². The minimum absolute atomic E-state index is 0.0840. The second-order valence-electron chi connectivity index (χ2n) is 9.21. The van der Waals surface area contributed by atoms with E-state index in [1.165, 1.54) is 17.0 Å². The Labute approximate surface area is 210 Å². The van der Waals surface area contributed by atoms with Crippen LogP contribution in [-0.4, -0.2) is 35.6 Å². The molecule has 0 spiro atoms. The van der Waals surface area contributed by atoms with Crippen LogP contribution in [0.5, 0.6) is 0 Å². The van der Waals surface area contributed by atoms with Gasteiger partial charge in [0, 0.05) is 49.8 Å². The van der Waals surface area contributed by atoms with Crippen LogP contribution in [0.4, 0.5) is 39.3 Å². The molecule has 0 bridgehead atoms. The van der Waals surface area contributed by atoms with E-state index in [0.29, 0.717) is 41.6 Å². The lowest BCUT2D eigenvalue weighted by Gasteiger charge is -2.35. The summed E-state index contributed by atoms with van der Waals surface area (Å²) in [6, 6.07) is 7.06. The molecule has 0 atom stereocenters. The first-order chi connectivity index (χ1) is 17.7. The van der Waals surface area contributed by atoms with Gasteiger partial charge in [0.1, 0.15) is 11.6 Å². The molecule has 2 aromatic carbocycles. The quantitative estimate of drug-likeness (QED) is 0.371. The number of fused-ring (bicyclic) bond motifs is 1. The van der Waals surface area contributed by atoms with E-state index in [2.05, 4.69) is 4.85 Å². The molecular formula is C26H23F5N6. The molecule has 0 radical (unpaired) electrons. The van der Waals surface area contributed by atoms with Crippen molar-refractivity contribution in [2.45, 2.75) is 38.0 Å². The number of para-hydroxylation sites is 1. The van der Waals surface area contributed by atoms with Crippen molar-refractivity contribution in [1.29, 1.82) is 0 Å². The summed E-state index contributed by atoms with van der Waals surface area (Å²) in [4.78, 5) is 15.9. The molecule has 2 aliphatic heterocycles. The van der Waals surface area contributed by atoms with Gasteiger partial charge >= 0.3 is 6.18 Å². The Morgan fingerprint density at radius 1 is 0.973 bits per heavy atom. The third-order valence-corrected chi connectivity index (χ3v) is 6.82. The summed E-state index contributed by atoms with van der Waals surface area (Å²) in [5.74, 6) is -1.27. The smallest absolute Gasteiger partial charge is 0.364 e. The third-order valence-electron chi connectivity index (χ3n) is 6.82. The highest BCUT2D eigenvalue weighted by molar-refractivity contribution is 5.70. The highest BCUT2D eigenvalue weighted by Crippen LogP contribution is 2.41. The summed E-state index contributed by atoms with van der Waals surface area (Å²) in [6.07, 6.45) is -2.98. The average molecular weight is 515 g/mol. The second kappa shape index (κ2) is 9.59. The number of halogens is 5. The number of benzene rings is 2. The number of nitrogens with zero attached hydrogens (tertiary/aromatic N) is 5. The first kappa shape index (κ1) is 24.9. The van der Waals surface area contributed by atoms with E-state index in [0.717, 1.165) is 31.0 Å². The van der Waals surface area contributed by atoms with Crippen molar-refractivity contribution in [1.82, 2.24) is 9.97 Å². The normalized spacial score (nSPS) is 16.5. The van der Waals surface area contributed by atoms with Crippen molar-refractivity contribution in [2.24, 2.45) is 5.73 Å². The van der Waals surface area contributed by atoms with Crippen molar-refractivity contribution >= 4 is 17.3 Å². The average Bonchev–Trinajstić information content (AvgIpc) is 2.87. The zero-order chi connectivity index (χ0) is 26.3. The monoisotopic (exact) mass is 514 g/mol. The Morgan fingerprint density at radius 3 is 2.41 bits per heavy atom. The molecular weight excluding hydrogens is 491 g/mol. The maximum atomic E-state index is 14.8. The summed E-state index contributed by atoms with van der Waals surface area (Å²) in [7, 11) is 0. The van der Waals surface area contributed by atoms with Crippen LogP contribution in [0.25, 0.3) is 16.1 Å². The molecule has 2 N–H and O–H groups in total. The molecule has 37 heavy (non-hydrogen) atoms. The van der Waals surface area contributed by atoms with E-state index >= 15 is 0 Å². The SMILES string of the molecule is [C-]#[N+]c1ccc(-c2nc(N3CCC(N)CC3)nc3c2CN(c2c(F)cccc2C(F)(F)F)CC3)cc1F. The van der Waals surface area contributed by atoms with Crippen LogP contribution < -0.4 is 15.5 Å². The van der Waals surface area contributed by atoms with Crippen molar-refractivity contribution in [3.8, 4) is 11.3 Å². The summed E-state index contributed by atoms with van der Waals surface area (Å²) >= 11 is 0. The number of rotatable bonds is 3. The number of anilines is 2. The largest absolute Gasteiger partial charge is 0.418 e. The Hall–Kier alpha value is -3.78. The van der Waals surface area contributed by atoms with Gasteiger partial charge in [-0.25, -0.2) is 23.6 Å². The predicted molar refractivity (Wildman–Crippen MR) is 129 cm³/mol. The lowest BCUT2D eigenvalue weighted by atomic mass is 9.97. The first-order valence-electron chi connectivity index (χ1n) is 11.8. The van der Waals surface area contributed by atoms with Crippen LogP contribution in [-0.2, 0) is 19.1 Å². The van der Waals surface area contributed by atoms with Crippen LogP contribution in [0.2, 0.25) is 0 Å². The van der Waals surface area contributed by atoms with Gasteiger partial charge in [-0.1, -0.05) is 18.2 Å². The summed E-state index contributed by atoms with van der Waals surface area (Å²) in [5.41, 5.74) is 6.10. The van der Waals surface area contributed by atoms with E-state index in [4.69, 9.17) is 22.3 Å². The van der Waals surface area contributed by atoms with Gasteiger partial charge in [-0.05, 0) is 31.0 Å². The number of aromatic nitrogens is 2. The standard InChI is InChI=1S/C26H23F5N6/c1-33-22-6-5-15(13-20(22)28)23-17-14-37(24-18(26(29,30)31)3-2-4-19(24)27)12-9-21(17)34-25(35-23)36-10-7-16(32)8-11-36/h2-6,13,16H,7-12,14,32H2. The second-order valence-corrected chi connectivity index (χ2v) is 9.21. The van der Waals surface area contributed by atoms with Gasteiger partial charge in [0.15, 0.2) is 0 Å². The van der Waals surface area contributed by atoms with E-state index in [9.17, 15) is 22.0 Å². The maximum absolute atomic E-state index is 14.8. The van der Waals surface area contributed by atoms with Gasteiger partial charge in [-0.3, -0.25) is 0 Å². The fourth-order valence-corrected chi connectivity index (χ4v) is 4.88. The van der Waals surface area contributed by atoms with Gasteiger partial charge in [0.25, 0.3) is 0 Å². The molecule has 1 saturated heterocycles. The lowest BCUT2D eigenvalue weighted by Crippen LogP contribution is -2.41. The van der Waals surface area contributed by atoms with Crippen LogP contribution in [0.15, 0.2) is 36.4 Å². The highest BCUT2D eigenvalue weighted by atomic mass is 19.4. The Bertz CT molecular complexity index is 1380. The van der Waals surface area contributed by atoms with E-state index in [1.54, 1.807) is 6.07 Å². The summed E-state index contributed by atoms with van der Waals surface area (Å²) < 4.78 is 70.5. The summed E-state index contributed by atoms with van der Waals surface area (Å²) in [6.45, 7) is 8.42. The van der Waals surface area contributed by atoms with Crippen molar-refractivity contribution in [2.75, 3.05) is 29.4 Å². The maximum Gasteiger partial charge on any atom is 0.418 e. The molecule has 2 aliphatic rings. The zero-order valence-electron chi connectivity index (χ0n) is 19.7. The topological polar surface area (TPSA) is 62.6 Å². The zero-order valence-corrected chi connectivity index (χ0v) is 19.7. The molecule has 6 nitrogen and oxygen atoms in total. The third kappa shape index (κ3) is 4.81. The minimum Gasteiger partial charge on any atom is -0.364 e. The molecule has 11 heteroatoms. The van der Waals surface area contributed by atoms with Crippen molar-refractivity contribution < 1.29 is 22.0 Å². The number of piperidine rings is 1. The predicted octanol–water partition coefficient (Wildman–Crippen LogP) is 5.48. The lowest BCUT2D eigenvalue weighted by molar-refractivity contribution is -0.137. The van der Waals surface area contributed by atoms with Crippen molar-refractivity contribution in [3.05, 3.63) is 76.3 Å². The van der Waals surface area contributed by atoms with Gasteiger partial charge < -0.3 is 15.5 Å². The molecule has 0 saturated carbocycles. The Balaban J connectivity index is 1.62. The number of nitrogens with two attached hydrogens (primary N) is 1. The molecule has 1 aromatic heterocycles. The number of alkyl halides is 3. The molecule has 5 rings (SSSR count).